The van der Waals surface area contributed by atoms with Gasteiger partial charge in [0.25, 0.3) is 5.91 Å². The van der Waals surface area contributed by atoms with Crippen molar-refractivity contribution < 1.29 is 46.2 Å². The SMILES string of the molecule is Nc1ncnc2c1ncn2[C@@H]1O[C@@H]2COP(O)(=S)O[C@@H]3[C@@H](F)[C@@H](COP(O)(=S)O[C@H]2[C@@H]1F)S[C@H]3n1cnc2c1NC(N)NC2=O. The number of amides is 1. The quantitative estimate of drug-likeness (QED) is 0.192. The molecule has 3 unspecified atom stereocenters. The Bertz CT molecular complexity index is 1760. The normalized spacial score (nSPS) is 40.5. The summed E-state index contributed by atoms with van der Waals surface area (Å²) >= 11 is 11.4. The fourth-order valence-electron chi connectivity index (χ4n) is 5.36. The zero-order valence-electron chi connectivity index (χ0n) is 22.4. The van der Waals surface area contributed by atoms with Crippen LogP contribution in [0.3, 0.4) is 0 Å². The maximum atomic E-state index is 16.0. The lowest BCUT2D eigenvalue weighted by molar-refractivity contribution is -0.0440. The molecular formula is C20H24F2N10O8P2S3. The summed E-state index contributed by atoms with van der Waals surface area (Å²) in [4.78, 5) is 50.6. The van der Waals surface area contributed by atoms with Crippen LogP contribution >= 0.6 is 25.2 Å². The number of carbonyl (C=O) groups excluding carboxylic acids is 1. The Morgan fingerprint density at radius 3 is 2.49 bits per heavy atom. The topological polar surface area (TPSA) is 241 Å². The molecule has 8 N–H and O–H groups in total. The third-order valence-electron chi connectivity index (χ3n) is 7.37. The van der Waals surface area contributed by atoms with Crippen molar-refractivity contribution in [3.8, 4) is 0 Å². The van der Waals surface area contributed by atoms with Gasteiger partial charge in [-0.2, -0.15) is 0 Å². The van der Waals surface area contributed by atoms with Crippen LogP contribution in [0.25, 0.3) is 11.2 Å². The van der Waals surface area contributed by atoms with Gasteiger partial charge in [-0.15, -0.1) is 11.8 Å². The number of hydrogen-bond donors (Lipinski definition) is 6. The molecule has 7 heterocycles. The highest BCUT2D eigenvalue weighted by Crippen LogP contribution is 2.57. The van der Waals surface area contributed by atoms with Crippen LogP contribution in [0.15, 0.2) is 19.0 Å². The average Bonchev–Trinajstić information content (AvgIpc) is 3.72. The molecule has 0 aromatic carbocycles. The number of alkyl halides is 2. The maximum absolute atomic E-state index is 16.0. The van der Waals surface area contributed by atoms with E-state index in [4.69, 9.17) is 57.9 Å². The summed E-state index contributed by atoms with van der Waals surface area (Å²) in [5, 5.41) is 3.27. The van der Waals surface area contributed by atoms with Crippen LogP contribution in [-0.4, -0.2) is 100 Å². The molecule has 3 aromatic heterocycles. The van der Waals surface area contributed by atoms with Crippen LogP contribution < -0.4 is 22.1 Å². The molecule has 3 saturated heterocycles. The average molecular weight is 729 g/mol. The number of aromatic nitrogens is 6. The van der Waals surface area contributed by atoms with Crippen LogP contribution in [0.4, 0.5) is 20.4 Å². The van der Waals surface area contributed by atoms with Gasteiger partial charge in [0.05, 0.1) is 31.1 Å². The summed E-state index contributed by atoms with van der Waals surface area (Å²) in [5.74, 6) is -0.323. The van der Waals surface area contributed by atoms with Crippen molar-refractivity contribution in [2.24, 2.45) is 5.73 Å². The molecule has 2 bridgehead atoms. The molecule has 0 saturated carbocycles. The molecule has 0 aliphatic carbocycles. The van der Waals surface area contributed by atoms with Gasteiger partial charge in [-0.25, -0.2) is 28.7 Å². The largest absolute Gasteiger partial charge is 0.382 e. The molecule has 11 atom stereocenters. The molecule has 45 heavy (non-hydrogen) atoms. The number of rotatable bonds is 2. The van der Waals surface area contributed by atoms with Crippen molar-refractivity contribution in [2.75, 3.05) is 24.3 Å². The lowest BCUT2D eigenvalue weighted by atomic mass is 10.1. The smallest absolute Gasteiger partial charge is 0.325 e. The van der Waals surface area contributed by atoms with E-state index >= 15 is 8.78 Å². The molecule has 3 aromatic rings. The monoisotopic (exact) mass is 728 g/mol. The third kappa shape index (κ3) is 5.77. The summed E-state index contributed by atoms with van der Waals surface area (Å²) in [5.41, 5.74) is 12.1. The number of fused-ring (bicyclic) bond motifs is 5. The van der Waals surface area contributed by atoms with E-state index in [-0.39, 0.29) is 28.5 Å². The first kappa shape index (κ1) is 31.6. The fraction of sp³-hybridized carbons (Fsp3) is 0.550. The molecule has 244 valence electrons. The summed E-state index contributed by atoms with van der Waals surface area (Å²) in [6.07, 6.45) is -6.93. The first-order chi connectivity index (χ1) is 21.3. The van der Waals surface area contributed by atoms with Crippen LogP contribution in [0, 0.1) is 0 Å². The minimum atomic E-state index is -4.27. The van der Waals surface area contributed by atoms with Gasteiger partial charge < -0.3 is 44.5 Å². The van der Waals surface area contributed by atoms with Gasteiger partial charge >= 0.3 is 13.4 Å². The van der Waals surface area contributed by atoms with Crippen molar-refractivity contribution in [1.82, 2.24) is 34.4 Å². The van der Waals surface area contributed by atoms with Gasteiger partial charge in [0.1, 0.15) is 47.5 Å². The summed E-state index contributed by atoms with van der Waals surface area (Å²) in [6, 6.07) is 0. The molecule has 4 aliphatic rings. The number of nitrogens with zero attached hydrogens (tertiary/aromatic N) is 6. The highest BCUT2D eigenvalue weighted by Gasteiger charge is 2.53. The zero-order valence-corrected chi connectivity index (χ0v) is 26.6. The highest BCUT2D eigenvalue weighted by atomic mass is 32.5. The second-order valence-electron chi connectivity index (χ2n) is 10.2. The predicted octanol–water partition coefficient (Wildman–Crippen LogP) is 0.141. The molecule has 18 nitrogen and oxygen atoms in total. The Morgan fingerprint density at radius 2 is 1.71 bits per heavy atom. The number of halogens is 2. The zero-order chi connectivity index (χ0) is 31.8. The fourth-order valence-corrected chi connectivity index (χ4v) is 9.87. The number of hydrogen-bond acceptors (Lipinski definition) is 16. The van der Waals surface area contributed by atoms with E-state index in [0.29, 0.717) is 0 Å². The van der Waals surface area contributed by atoms with Crippen LogP contribution in [0.5, 0.6) is 0 Å². The lowest BCUT2D eigenvalue weighted by Crippen LogP contribution is -2.51. The van der Waals surface area contributed by atoms with E-state index in [1.165, 1.54) is 28.1 Å². The predicted molar refractivity (Wildman–Crippen MR) is 160 cm³/mol. The number of nitrogen functional groups attached to an aromatic ring is 1. The van der Waals surface area contributed by atoms with Crippen molar-refractivity contribution in [3.05, 3.63) is 24.7 Å². The van der Waals surface area contributed by atoms with Crippen molar-refractivity contribution >= 4 is 77.5 Å². The number of carbonyl (C=O) groups is 1. The number of anilines is 2. The molecule has 0 radical (unpaired) electrons. The molecule has 3 fully saturated rings. The maximum Gasteiger partial charge on any atom is 0.325 e. The second kappa shape index (κ2) is 11.6. The summed E-state index contributed by atoms with van der Waals surface area (Å²) in [6.45, 7) is -9.62. The van der Waals surface area contributed by atoms with Crippen LogP contribution in [0.1, 0.15) is 22.1 Å². The highest BCUT2D eigenvalue weighted by molar-refractivity contribution is 8.07. The van der Waals surface area contributed by atoms with Gasteiger partial charge in [0.2, 0.25) is 0 Å². The Morgan fingerprint density at radius 1 is 1.00 bits per heavy atom. The van der Waals surface area contributed by atoms with E-state index in [0.717, 1.165) is 11.8 Å². The van der Waals surface area contributed by atoms with Crippen LogP contribution in [-0.2, 0) is 46.4 Å². The first-order valence-corrected chi connectivity index (χ1v) is 19.2. The number of imidazole rings is 2. The standard InChI is InChI=1S/C20H24F2N10O8P2S3/c21-8-7-2-37-42(35,44)39-12-6(38-18(9(12)22)31-4-27-10-14(23)25-3-26-15(10)31)1-36-41(34,43)40-13(8)19(45-7)32-5-28-11-16(32)29-20(24)30-17(11)33/h3-9,12-13,18-20,29H,1-2,24H2,(H,30,33)(H,34,43)(H,35,44)(H2,23,25,26)/t6-,7-,8+,9+,12-,13-,18-,19-,20?,41?,42?/m1/s1. The number of ether oxygens (including phenoxy) is 1. The van der Waals surface area contributed by atoms with Crippen LogP contribution in [0.2, 0.25) is 0 Å². The number of thioether (sulfide) groups is 1. The van der Waals surface area contributed by atoms with Crippen molar-refractivity contribution in [3.63, 3.8) is 0 Å². The lowest BCUT2D eigenvalue weighted by Gasteiger charge is -2.29. The number of nitrogens with one attached hydrogen (secondary N) is 2. The molecule has 1 amide bonds. The third-order valence-corrected chi connectivity index (χ3v) is 12.0. The Hall–Kier alpha value is -1.98. The van der Waals surface area contributed by atoms with Gasteiger partial charge in [0, 0.05) is 0 Å². The van der Waals surface area contributed by atoms with E-state index in [1.807, 2.05) is 0 Å². The van der Waals surface area contributed by atoms with E-state index in [1.54, 1.807) is 0 Å². The molecule has 7 rings (SSSR count). The van der Waals surface area contributed by atoms with E-state index in [9.17, 15) is 14.6 Å². The minimum Gasteiger partial charge on any atom is -0.382 e. The van der Waals surface area contributed by atoms with E-state index < -0.39 is 86.4 Å². The Balaban J connectivity index is 1.19. The number of nitrogens with two attached hydrogens (primary N) is 2. The summed E-state index contributed by atoms with van der Waals surface area (Å²) < 4.78 is 62.9. The Labute approximate surface area is 266 Å². The van der Waals surface area contributed by atoms with Crippen molar-refractivity contribution in [2.45, 2.75) is 53.8 Å². The van der Waals surface area contributed by atoms with Gasteiger partial charge in [-0.1, -0.05) is 0 Å². The second-order valence-corrected chi connectivity index (χ2v) is 17.2. The molecule has 0 spiro atoms. The van der Waals surface area contributed by atoms with Gasteiger partial charge in [-0.05, 0) is 23.6 Å². The minimum absolute atomic E-state index is 0.000854. The Kier molecular flexibility index (Phi) is 8.16. The summed E-state index contributed by atoms with van der Waals surface area (Å²) in [7, 11) is 0. The van der Waals surface area contributed by atoms with Crippen molar-refractivity contribution in [1.29, 1.82) is 0 Å². The molecule has 4 aliphatic heterocycles. The van der Waals surface area contributed by atoms with Gasteiger partial charge in [0.15, 0.2) is 35.8 Å². The molecule has 25 heteroatoms. The van der Waals surface area contributed by atoms with Gasteiger partial charge in [-0.3, -0.25) is 24.1 Å². The molecular weight excluding hydrogens is 704 g/mol. The van der Waals surface area contributed by atoms with E-state index in [2.05, 4.69) is 30.6 Å². The first-order valence-electron chi connectivity index (χ1n) is 13.1.